The lowest BCUT2D eigenvalue weighted by Gasteiger charge is -2.08. The Morgan fingerprint density at radius 1 is 0.800 bits per heavy atom. The zero-order chi connectivity index (χ0) is 17.7. The molecule has 0 atom stereocenters. The highest BCUT2D eigenvalue weighted by atomic mass is 32.2. The van der Waals surface area contributed by atoms with Crippen LogP contribution in [0, 0.1) is 0 Å². The molecular formula is C15H26O8S2. The molecule has 25 heavy (non-hydrogen) atoms. The lowest BCUT2D eigenvalue weighted by molar-refractivity contribution is 0.000162. The van der Waals surface area contributed by atoms with E-state index in [1.807, 2.05) is 0 Å². The topological polar surface area (TPSA) is 101 Å². The summed E-state index contributed by atoms with van der Waals surface area (Å²) in [4.78, 5) is -0.172. The zero-order valence-electron chi connectivity index (χ0n) is 14.2. The highest BCUT2D eigenvalue weighted by Gasteiger charge is 2.08. The van der Waals surface area contributed by atoms with E-state index in [-0.39, 0.29) is 18.4 Å². The number of hydrogen-bond donors (Lipinski definition) is 1. The van der Waals surface area contributed by atoms with Crippen LogP contribution >= 0.6 is 13.5 Å². The third-order valence-electron chi connectivity index (χ3n) is 2.79. The third kappa shape index (κ3) is 12.2. The molecule has 0 unspecified atom stereocenters. The quantitative estimate of drug-likeness (QED) is 0.368. The number of benzene rings is 1. The molecule has 1 rings (SSSR count). The summed E-state index contributed by atoms with van der Waals surface area (Å²) in [6.07, 6.45) is 0. The second kappa shape index (κ2) is 14.3. The predicted molar refractivity (Wildman–Crippen MR) is 96.5 cm³/mol. The Kier molecular flexibility index (Phi) is 13.8. The van der Waals surface area contributed by atoms with Gasteiger partial charge in [-0.2, -0.15) is 21.9 Å². The van der Waals surface area contributed by atoms with Gasteiger partial charge in [-0.05, 0) is 24.3 Å². The minimum Gasteiger partial charge on any atom is -0.491 e. The lowest BCUT2D eigenvalue weighted by Crippen LogP contribution is -2.13. The summed E-state index contributed by atoms with van der Waals surface area (Å²) in [5.74, 6) is 0.496. The SMILES string of the molecule is COCCOCCOCCOCCOc1ccc(S(=O)(=O)O)cc1.S. The molecule has 0 aliphatic rings. The van der Waals surface area contributed by atoms with E-state index in [1.165, 1.54) is 24.3 Å². The highest BCUT2D eigenvalue weighted by Crippen LogP contribution is 2.15. The maximum Gasteiger partial charge on any atom is 0.294 e. The average Bonchev–Trinajstić information content (AvgIpc) is 2.55. The van der Waals surface area contributed by atoms with Gasteiger partial charge >= 0.3 is 0 Å². The molecule has 0 saturated carbocycles. The largest absolute Gasteiger partial charge is 0.491 e. The van der Waals surface area contributed by atoms with Crippen molar-refractivity contribution in [1.82, 2.24) is 0 Å². The van der Waals surface area contributed by atoms with Crippen LogP contribution in [-0.4, -0.2) is 72.9 Å². The Morgan fingerprint density at radius 3 is 1.68 bits per heavy atom. The molecule has 0 fully saturated rings. The van der Waals surface area contributed by atoms with E-state index in [9.17, 15) is 8.42 Å². The van der Waals surface area contributed by atoms with Crippen molar-refractivity contribution >= 4 is 23.6 Å². The summed E-state index contributed by atoms with van der Waals surface area (Å²) < 4.78 is 56.7. The van der Waals surface area contributed by atoms with Gasteiger partial charge in [-0.15, -0.1) is 0 Å². The first-order chi connectivity index (χ1) is 11.5. The Hall–Kier alpha value is -0.880. The van der Waals surface area contributed by atoms with Crippen LogP contribution in [-0.2, 0) is 29.1 Å². The van der Waals surface area contributed by atoms with Gasteiger partial charge in [0.15, 0.2) is 0 Å². The number of rotatable bonds is 14. The van der Waals surface area contributed by atoms with Crippen LogP contribution in [0.4, 0.5) is 0 Å². The minimum atomic E-state index is -4.18. The van der Waals surface area contributed by atoms with Crippen molar-refractivity contribution < 1.29 is 36.7 Å². The monoisotopic (exact) mass is 398 g/mol. The molecule has 0 aromatic heterocycles. The van der Waals surface area contributed by atoms with Crippen molar-refractivity contribution in [2.24, 2.45) is 0 Å². The average molecular weight is 398 g/mol. The molecular weight excluding hydrogens is 372 g/mol. The predicted octanol–water partition coefficient (Wildman–Crippen LogP) is 1.12. The molecule has 1 aromatic rings. The van der Waals surface area contributed by atoms with Crippen LogP contribution in [0.1, 0.15) is 0 Å². The smallest absolute Gasteiger partial charge is 0.294 e. The lowest BCUT2D eigenvalue weighted by atomic mass is 10.3. The molecule has 0 amide bonds. The second-order valence-electron chi connectivity index (χ2n) is 4.62. The van der Waals surface area contributed by atoms with Crippen molar-refractivity contribution in [3.05, 3.63) is 24.3 Å². The van der Waals surface area contributed by atoms with E-state index >= 15 is 0 Å². The molecule has 0 aliphatic carbocycles. The number of methoxy groups -OCH3 is 1. The maximum absolute atomic E-state index is 10.9. The molecule has 0 heterocycles. The van der Waals surface area contributed by atoms with E-state index in [0.717, 1.165) is 0 Å². The Balaban J connectivity index is 0.00000576. The van der Waals surface area contributed by atoms with Gasteiger partial charge in [0.25, 0.3) is 10.1 Å². The van der Waals surface area contributed by atoms with Crippen LogP contribution in [0.3, 0.4) is 0 Å². The van der Waals surface area contributed by atoms with E-state index < -0.39 is 10.1 Å². The fourth-order valence-corrected chi connectivity index (χ4v) is 2.09. The van der Waals surface area contributed by atoms with E-state index in [2.05, 4.69) is 0 Å². The molecule has 8 nitrogen and oxygen atoms in total. The highest BCUT2D eigenvalue weighted by molar-refractivity contribution is 7.85. The van der Waals surface area contributed by atoms with Gasteiger partial charge < -0.3 is 23.7 Å². The molecule has 10 heteroatoms. The molecule has 0 saturated heterocycles. The summed E-state index contributed by atoms with van der Waals surface area (Å²) >= 11 is 0. The van der Waals surface area contributed by atoms with Crippen LogP contribution in [0.15, 0.2) is 29.2 Å². The van der Waals surface area contributed by atoms with Crippen molar-refractivity contribution in [2.75, 3.05) is 60.0 Å². The molecule has 0 radical (unpaired) electrons. The van der Waals surface area contributed by atoms with E-state index in [1.54, 1.807) is 7.11 Å². The van der Waals surface area contributed by atoms with Gasteiger partial charge in [-0.1, -0.05) is 0 Å². The summed E-state index contributed by atoms with van der Waals surface area (Å²) in [7, 11) is -2.56. The first kappa shape index (κ1) is 24.1. The standard InChI is InChI=1S/C15H24O8S.H2S/c1-19-6-7-20-8-9-21-10-11-22-12-13-23-14-2-4-15(5-3-14)24(16,17)18;/h2-5H,6-13H2,1H3,(H,16,17,18);1H2. The Labute approximate surface area is 155 Å². The molecule has 0 spiro atoms. The summed E-state index contributed by atoms with van der Waals surface area (Å²) in [6.45, 7) is 3.77. The van der Waals surface area contributed by atoms with Crippen LogP contribution < -0.4 is 4.74 Å². The van der Waals surface area contributed by atoms with Crippen molar-refractivity contribution in [3.63, 3.8) is 0 Å². The number of ether oxygens (including phenoxy) is 5. The van der Waals surface area contributed by atoms with Crippen molar-refractivity contribution in [1.29, 1.82) is 0 Å². The molecule has 0 aliphatic heterocycles. The van der Waals surface area contributed by atoms with Crippen LogP contribution in [0.5, 0.6) is 5.75 Å². The van der Waals surface area contributed by atoms with Crippen molar-refractivity contribution in [2.45, 2.75) is 4.90 Å². The second-order valence-corrected chi connectivity index (χ2v) is 6.05. The van der Waals surface area contributed by atoms with Gasteiger partial charge in [-0.25, -0.2) is 0 Å². The number of hydrogen-bond acceptors (Lipinski definition) is 7. The Morgan fingerprint density at radius 2 is 1.24 bits per heavy atom. The maximum atomic E-state index is 10.9. The minimum absolute atomic E-state index is 0. The first-order valence-corrected chi connectivity index (χ1v) is 8.90. The molecule has 146 valence electrons. The molecule has 1 N–H and O–H groups in total. The molecule has 1 aromatic carbocycles. The Bertz CT molecular complexity index is 533. The summed E-state index contributed by atoms with van der Waals surface area (Å²) in [5, 5.41) is 0. The van der Waals surface area contributed by atoms with Gasteiger partial charge in [0, 0.05) is 7.11 Å². The van der Waals surface area contributed by atoms with Gasteiger partial charge in [-0.3, -0.25) is 4.55 Å². The fourth-order valence-electron chi connectivity index (χ4n) is 1.61. The van der Waals surface area contributed by atoms with E-state index in [4.69, 9.17) is 28.2 Å². The molecule has 0 bridgehead atoms. The summed E-state index contributed by atoms with van der Waals surface area (Å²) in [6, 6.07) is 5.48. The summed E-state index contributed by atoms with van der Waals surface area (Å²) in [5.41, 5.74) is 0. The van der Waals surface area contributed by atoms with Gasteiger partial charge in [0.1, 0.15) is 12.4 Å². The fraction of sp³-hybridized carbons (Fsp3) is 0.600. The zero-order valence-corrected chi connectivity index (χ0v) is 16.0. The van der Waals surface area contributed by atoms with Crippen LogP contribution in [0.2, 0.25) is 0 Å². The van der Waals surface area contributed by atoms with Crippen molar-refractivity contribution in [3.8, 4) is 5.75 Å². The first-order valence-electron chi connectivity index (χ1n) is 7.46. The third-order valence-corrected chi connectivity index (χ3v) is 3.66. The van der Waals surface area contributed by atoms with E-state index in [0.29, 0.717) is 58.6 Å². The van der Waals surface area contributed by atoms with Gasteiger partial charge in [0.05, 0.1) is 51.1 Å². The van der Waals surface area contributed by atoms with Crippen LogP contribution in [0.25, 0.3) is 0 Å². The normalized spacial score (nSPS) is 11.1. The van der Waals surface area contributed by atoms with Gasteiger partial charge in [0.2, 0.25) is 0 Å².